The molecular weight excluding hydrogens is 442 g/mol. The van der Waals surface area contributed by atoms with E-state index < -0.39 is 5.92 Å². The summed E-state index contributed by atoms with van der Waals surface area (Å²) in [6, 6.07) is 13.7. The van der Waals surface area contributed by atoms with Gasteiger partial charge < -0.3 is 9.47 Å². The summed E-state index contributed by atoms with van der Waals surface area (Å²) < 4.78 is 11.5. The molecule has 8 heteroatoms. The molecule has 0 aliphatic carbocycles. The molecule has 1 aliphatic heterocycles. The minimum atomic E-state index is -0.650. The number of hydrogen-bond donors (Lipinski definition) is 1. The van der Waals surface area contributed by atoms with Gasteiger partial charge in [0.15, 0.2) is 17.3 Å². The Morgan fingerprint density at radius 2 is 2.00 bits per heavy atom. The van der Waals surface area contributed by atoms with Crippen LogP contribution in [0, 0.1) is 12.3 Å². The van der Waals surface area contributed by atoms with Crippen molar-refractivity contribution in [2.75, 3.05) is 7.11 Å². The van der Waals surface area contributed by atoms with Crippen LogP contribution in [0.5, 0.6) is 11.5 Å². The molecule has 1 aromatic heterocycles. The summed E-state index contributed by atoms with van der Waals surface area (Å²) in [5, 5.41) is 18.3. The van der Waals surface area contributed by atoms with Gasteiger partial charge in [0, 0.05) is 0 Å². The lowest BCUT2D eigenvalue weighted by atomic mass is 10.1. The molecule has 2 heterocycles. The van der Waals surface area contributed by atoms with Crippen LogP contribution in [0.25, 0.3) is 6.08 Å². The van der Waals surface area contributed by atoms with Crippen LogP contribution in [-0.2, 0) is 17.8 Å². The number of allylic oxidation sites excluding steroid dienone is 1. The van der Waals surface area contributed by atoms with Crippen molar-refractivity contribution < 1.29 is 14.3 Å². The van der Waals surface area contributed by atoms with E-state index in [1.165, 1.54) is 28.7 Å². The Labute approximate surface area is 195 Å². The Balaban J connectivity index is 1.52. The third kappa shape index (κ3) is 4.76. The van der Waals surface area contributed by atoms with Crippen LogP contribution in [0.15, 0.2) is 47.4 Å². The Hall–Kier alpha value is -2.97. The Kier molecular flexibility index (Phi) is 6.72. The average molecular weight is 466 g/mol. The molecular formula is C24H23N3O3S2. The van der Waals surface area contributed by atoms with Gasteiger partial charge in [-0.1, -0.05) is 54.6 Å². The fourth-order valence-corrected chi connectivity index (χ4v) is 5.30. The highest BCUT2D eigenvalue weighted by atomic mass is 32.2. The number of Topliss-reactive ketones (excluding diaryl/α,β-unsaturated/α-hetero) is 1. The first-order chi connectivity index (χ1) is 15.5. The number of aromatic nitrogens is 2. The van der Waals surface area contributed by atoms with E-state index in [2.05, 4.69) is 16.3 Å². The number of thioether (sulfide) groups is 1. The summed E-state index contributed by atoms with van der Waals surface area (Å²) in [6.45, 7) is 4.48. The van der Waals surface area contributed by atoms with E-state index in [-0.39, 0.29) is 10.8 Å². The second-order valence-electron chi connectivity index (χ2n) is 7.35. The number of methoxy groups -OCH3 is 1. The van der Waals surface area contributed by atoms with E-state index in [9.17, 15) is 4.79 Å². The molecule has 1 aliphatic rings. The maximum atomic E-state index is 13.0. The maximum Gasteiger partial charge on any atom is 0.186 e. The summed E-state index contributed by atoms with van der Waals surface area (Å²) in [4.78, 5) is 13.5. The van der Waals surface area contributed by atoms with Crippen molar-refractivity contribution in [2.45, 2.75) is 32.8 Å². The van der Waals surface area contributed by atoms with E-state index in [0.717, 1.165) is 22.6 Å². The highest BCUT2D eigenvalue weighted by molar-refractivity contribution is 8.19. The zero-order chi connectivity index (χ0) is 22.7. The van der Waals surface area contributed by atoms with Gasteiger partial charge in [-0.05, 0) is 42.7 Å². The zero-order valence-corrected chi connectivity index (χ0v) is 19.7. The summed E-state index contributed by atoms with van der Waals surface area (Å²) >= 11 is 2.57. The molecule has 1 fully saturated rings. The summed E-state index contributed by atoms with van der Waals surface area (Å²) in [5.41, 5.74) is 3.07. The van der Waals surface area contributed by atoms with Gasteiger partial charge in [0.1, 0.15) is 22.5 Å². The van der Waals surface area contributed by atoms with Crippen molar-refractivity contribution >= 4 is 40.0 Å². The van der Waals surface area contributed by atoms with E-state index in [1.807, 2.05) is 50.2 Å². The molecule has 3 aromatic rings. The Morgan fingerprint density at radius 1 is 1.16 bits per heavy atom. The second-order valence-corrected chi connectivity index (χ2v) is 9.53. The van der Waals surface area contributed by atoms with Crippen LogP contribution in [0.1, 0.15) is 39.5 Å². The van der Waals surface area contributed by atoms with Crippen LogP contribution in [0.4, 0.5) is 0 Å². The van der Waals surface area contributed by atoms with Gasteiger partial charge in [-0.25, -0.2) is 0 Å². The fraction of sp³-hybridized carbons (Fsp3) is 0.250. The van der Waals surface area contributed by atoms with Crippen LogP contribution in [0.3, 0.4) is 0 Å². The largest absolute Gasteiger partial charge is 0.493 e. The van der Waals surface area contributed by atoms with Crippen LogP contribution in [-0.4, -0.2) is 28.1 Å². The number of carbonyl (C=O) groups is 1. The fourth-order valence-electron chi connectivity index (χ4n) is 3.35. The lowest BCUT2D eigenvalue weighted by Crippen LogP contribution is -2.11. The Morgan fingerprint density at radius 3 is 2.72 bits per heavy atom. The number of ketones is 1. The second kappa shape index (κ2) is 9.67. The lowest BCUT2D eigenvalue weighted by molar-refractivity contribution is -0.114. The zero-order valence-electron chi connectivity index (χ0n) is 18.0. The van der Waals surface area contributed by atoms with Crippen LogP contribution in [0.2, 0.25) is 0 Å². The van der Waals surface area contributed by atoms with Crippen molar-refractivity contribution in [1.29, 1.82) is 5.41 Å². The monoisotopic (exact) mass is 465 g/mol. The Bertz CT molecular complexity index is 1200. The molecule has 1 atom stereocenters. The molecule has 0 radical (unpaired) electrons. The molecule has 32 heavy (non-hydrogen) atoms. The molecule has 164 valence electrons. The van der Waals surface area contributed by atoms with Gasteiger partial charge in [0.25, 0.3) is 0 Å². The van der Waals surface area contributed by atoms with Gasteiger partial charge in [0.05, 0.1) is 17.1 Å². The molecule has 1 N–H and O–H groups in total. The minimum Gasteiger partial charge on any atom is -0.493 e. The van der Waals surface area contributed by atoms with Gasteiger partial charge >= 0.3 is 0 Å². The molecule has 0 amide bonds. The van der Waals surface area contributed by atoms with E-state index >= 15 is 0 Å². The number of rotatable bonds is 7. The third-order valence-corrected chi connectivity index (χ3v) is 7.11. The average Bonchev–Trinajstić information content (AvgIpc) is 3.36. The van der Waals surface area contributed by atoms with Crippen molar-refractivity contribution in [3.63, 3.8) is 0 Å². The van der Waals surface area contributed by atoms with Crippen molar-refractivity contribution in [2.24, 2.45) is 0 Å². The highest BCUT2D eigenvalue weighted by Gasteiger charge is 2.39. The number of benzene rings is 2. The molecule has 1 saturated heterocycles. The first-order valence-electron chi connectivity index (χ1n) is 10.2. The molecule has 2 aromatic carbocycles. The number of nitrogens with one attached hydrogen (secondary N) is 1. The lowest BCUT2D eigenvalue weighted by Gasteiger charge is -2.12. The maximum absolute atomic E-state index is 13.0. The summed E-state index contributed by atoms with van der Waals surface area (Å²) in [7, 11) is 1.59. The molecule has 4 rings (SSSR count). The predicted molar refractivity (Wildman–Crippen MR) is 129 cm³/mol. The van der Waals surface area contributed by atoms with Gasteiger partial charge in [-0.2, -0.15) is 0 Å². The molecule has 0 spiro atoms. The van der Waals surface area contributed by atoms with Crippen LogP contribution >= 0.6 is 23.1 Å². The van der Waals surface area contributed by atoms with E-state index in [0.29, 0.717) is 28.0 Å². The van der Waals surface area contributed by atoms with Crippen molar-refractivity contribution in [3.05, 3.63) is 74.1 Å². The van der Waals surface area contributed by atoms with E-state index in [1.54, 1.807) is 13.2 Å². The third-order valence-electron chi connectivity index (χ3n) is 4.98. The molecule has 0 unspecified atom stereocenters. The summed E-state index contributed by atoms with van der Waals surface area (Å²) in [6.07, 6.45) is 2.55. The topological polar surface area (TPSA) is 85.2 Å². The summed E-state index contributed by atoms with van der Waals surface area (Å²) in [5.74, 6) is 0.458. The highest BCUT2D eigenvalue weighted by Crippen LogP contribution is 2.42. The van der Waals surface area contributed by atoms with Crippen molar-refractivity contribution in [1.82, 2.24) is 10.2 Å². The minimum absolute atomic E-state index is 0.113. The van der Waals surface area contributed by atoms with Gasteiger partial charge in [-0.3, -0.25) is 10.2 Å². The first kappa shape index (κ1) is 22.2. The van der Waals surface area contributed by atoms with E-state index in [4.69, 9.17) is 14.9 Å². The number of carbonyl (C=O) groups excluding carboxylic acids is 1. The number of nitrogens with zero attached hydrogens (tertiary/aromatic N) is 2. The molecule has 0 saturated carbocycles. The SMILES string of the molecule is CCc1nnc([C@H]2C(=N)S/C(=C\c3ccc(OCc4cccc(C)c4)c(OC)c3)C2=O)s1. The first-order valence-corrected chi connectivity index (χ1v) is 11.8. The number of aryl methyl sites for hydroxylation is 2. The smallest absolute Gasteiger partial charge is 0.186 e. The van der Waals surface area contributed by atoms with Gasteiger partial charge in [-0.15, -0.1) is 21.5 Å². The quantitative estimate of drug-likeness (QED) is 0.469. The van der Waals surface area contributed by atoms with Crippen LogP contribution < -0.4 is 9.47 Å². The molecule has 6 nitrogen and oxygen atoms in total. The number of hydrogen-bond acceptors (Lipinski definition) is 8. The normalized spacial score (nSPS) is 17.2. The van der Waals surface area contributed by atoms with Crippen molar-refractivity contribution in [3.8, 4) is 11.5 Å². The predicted octanol–water partition coefficient (Wildman–Crippen LogP) is 5.41. The molecule has 0 bridgehead atoms. The number of ether oxygens (including phenoxy) is 2. The standard InChI is InChI=1S/C24H23N3O3S2/c1-4-20-26-27-24(32-20)21-22(28)19(31-23(21)25)12-15-8-9-17(18(11-15)29-3)30-13-16-7-5-6-14(2)10-16/h5-12,21,25H,4,13H2,1-3H3/b19-12-,25-23?/t21-/m1/s1. The van der Waals surface area contributed by atoms with Gasteiger partial charge in [0.2, 0.25) is 0 Å².